The molecule has 0 radical (unpaired) electrons. The molecule has 1 heterocycles. The Morgan fingerprint density at radius 2 is 1.89 bits per heavy atom. The fraction of sp³-hybridized carbons (Fsp3) is 1.00. The Labute approximate surface area is 111 Å². The zero-order chi connectivity index (χ0) is 12.6. The smallest absolute Gasteiger partial charge is 0.0687 e. The van der Waals surface area contributed by atoms with Gasteiger partial charge in [0.2, 0.25) is 0 Å². The molecule has 0 aromatic rings. The van der Waals surface area contributed by atoms with Gasteiger partial charge in [-0.1, -0.05) is 19.8 Å². The van der Waals surface area contributed by atoms with Crippen LogP contribution in [0.4, 0.5) is 0 Å². The highest BCUT2D eigenvalue weighted by Crippen LogP contribution is 2.45. The topological polar surface area (TPSA) is 29.5 Å². The van der Waals surface area contributed by atoms with Gasteiger partial charge in [-0.3, -0.25) is 0 Å². The molecule has 1 spiro atoms. The molecular formula is C16H28O2. The molecule has 104 valence electrons. The van der Waals surface area contributed by atoms with Crippen molar-refractivity contribution in [2.75, 3.05) is 0 Å². The summed E-state index contributed by atoms with van der Waals surface area (Å²) in [4.78, 5) is 0. The molecule has 1 saturated heterocycles. The molecule has 2 saturated carbocycles. The average molecular weight is 252 g/mol. The maximum atomic E-state index is 10.1. The fourth-order valence-electron chi connectivity index (χ4n) is 4.52. The Kier molecular flexibility index (Phi) is 3.68. The van der Waals surface area contributed by atoms with Crippen LogP contribution in [0.1, 0.15) is 71.1 Å². The first kappa shape index (κ1) is 12.9. The summed E-state index contributed by atoms with van der Waals surface area (Å²) < 4.78 is 6.39. The van der Waals surface area contributed by atoms with Crippen molar-refractivity contribution >= 4 is 0 Å². The largest absolute Gasteiger partial charge is 0.393 e. The molecule has 0 bridgehead atoms. The maximum Gasteiger partial charge on any atom is 0.0687 e. The van der Waals surface area contributed by atoms with Crippen molar-refractivity contribution in [1.29, 1.82) is 0 Å². The third-order valence-electron chi connectivity index (χ3n) is 5.62. The van der Waals surface area contributed by atoms with E-state index in [0.717, 1.165) is 18.8 Å². The lowest BCUT2D eigenvalue weighted by molar-refractivity contribution is -0.0587. The molecule has 2 heteroatoms. The van der Waals surface area contributed by atoms with Gasteiger partial charge in [-0.2, -0.15) is 0 Å². The van der Waals surface area contributed by atoms with Crippen LogP contribution in [0.15, 0.2) is 0 Å². The van der Waals surface area contributed by atoms with Crippen molar-refractivity contribution in [1.82, 2.24) is 0 Å². The van der Waals surface area contributed by atoms with E-state index >= 15 is 0 Å². The normalized spacial score (nSPS) is 43.7. The first-order valence-corrected chi connectivity index (χ1v) is 8.03. The number of ether oxygens (including phenoxy) is 1. The van der Waals surface area contributed by atoms with E-state index in [4.69, 9.17) is 4.74 Å². The van der Waals surface area contributed by atoms with Crippen molar-refractivity contribution in [2.45, 2.75) is 88.9 Å². The van der Waals surface area contributed by atoms with E-state index in [-0.39, 0.29) is 11.7 Å². The molecule has 3 aliphatic rings. The summed E-state index contributed by atoms with van der Waals surface area (Å²) in [5.74, 6) is 1.29. The molecule has 1 N–H and O–H groups in total. The van der Waals surface area contributed by atoms with Crippen molar-refractivity contribution < 1.29 is 9.84 Å². The first-order valence-electron chi connectivity index (χ1n) is 8.03. The van der Waals surface area contributed by atoms with Gasteiger partial charge in [0.15, 0.2) is 0 Å². The minimum absolute atomic E-state index is 0.0649. The van der Waals surface area contributed by atoms with Gasteiger partial charge in [-0.15, -0.1) is 0 Å². The lowest BCUT2D eigenvalue weighted by Crippen LogP contribution is -2.32. The zero-order valence-corrected chi connectivity index (χ0v) is 11.7. The summed E-state index contributed by atoms with van der Waals surface area (Å²) in [6.45, 7) is 2.33. The van der Waals surface area contributed by atoms with Crippen LogP contribution in [0.3, 0.4) is 0 Å². The Hall–Kier alpha value is -0.0800. The first-order chi connectivity index (χ1) is 8.67. The van der Waals surface area contributed by atoms with Gasteiger partial charge >= 0.3 is 0 Å². The second kappa shape index (κ2) is 5.13. The van der Waals surface area contributed by atoms with E-state index < -0.39 is 0 Å². The molecule has 2 nitrogen and oxygen atoms in total. The molecule has 0 aromatic heterocycles. The van der Waals surface area contributed by atoms with Crippen LogP contribution < -0.4 is 0 Å². The van der Waals surface area contributed by atoms with Crippen LogP contribution in [0.25, 0.3) is 0 Å². The lowest BCUT2D eigenvalue weighted by Gasteiger charge is -2.33. The number of hydrogen-bond acceptors (Lipinski definition) is 2. The molecule has 3 fully saturated rings. The summed E-state index contributed by atoms with van der Waals surface area (Å²) in [5, 5.41) is 10.1. The highest BCUT2D eigenvalue weighted by atomic mass is 16.5. The summed E-state index contributed by atoms with van der Waals surface area (Å²) in [5.41, 5.74) is 0.260. The highest BCUT2D eigenvalue weighted by molar-refractivity contribution is 4.94. The average Bonchev–Trinajstić information content (AvgIpc) is 2.95. The Morgan fingerprint density at radius 3 is 2.67 bits per heavy atom. The van der Waals surface area contributed by atoms with Gasteiger partial charge in [-0.05, 0) is 63.2 Å². The maximum absolute atomic E-state index is 10.1. The van der Waals surface area contributed by atoms with E-state index in [1.165, 1.54) is 51.4 Å². The van der Waals surface area contributed by atoms with Gasteiger partial charge in [0.25, 0.3) is 0 Å². The minimum Gasteiger partial charge on any atom is -0.393 e. The van der Waals surface area contributed by atoms with Gasteiger partial charge in [0.1, 0.15) is 0 Å². The van der Waals surface area contributed by atoms with Crippen molar-refractivity contribution in [3.05, 3.63) is 0 Å². The van der Waals surface area contributed by atoms with E-state index in [1.54, 1.807) is 0 Å². The summed E-state index contributed by atoms with van der Waals surface area (Å²) in [6.07, 6.45) is 12.7. The molecule has 4 atom stereocenters. The van der Waals surface area contributed by atoms with Crippen molar-refractivity contribution in [3.8, 4) is 0 Å². The van der Waals surface area contributed by atoms with Crippen molar-refractivity contribution in [2.24, 2.45) is 11.8 Å². The number of aliphatic hydroxyl groups excluding tert-OH is 1. The van der Waals surface area contributed by atoms with E-state index in [9.17, 15) is 5.11 Å². The molecule has 2 aliphatic carbocycles. The van der Waals surface area contributed by atoms with Crippen LogP contribution in [0.5, 0.6) is 0 Å². The van der Waals surface area contributed by atoms with Gasteiger partial charge in [-0.25, -0.2) is 0 Å². The number of rotatable bonds is 2. The summed E-state index contributed by atoms with van der Waals surface area (Å²) >= 11 is 0. The van der Waals surface area contributed by atoms with E-state index in [2.05, 4.69) is 6.92 Å². The van der Waals surface area contributed by atoms with Crippen LogP contribution in [0.2, 0.25) is 0 Å². The molecule has 0 aromatic carbocycles. The zero-order valence-electron chi connectivity index (χ0n) is 11.7. The predicted molar refractivity (Wildman–Crippen MR) is 72.4 cm³/mol. The highest BCUT2D eigenvalue weighted by Gasteiger charge is 2.43. The molecule has 1 aliphatic heterocycles. The molecule has 4 unspecified atom stereocenters. The quantitative estimate of drug-likeness (QED) is 0.812. The van der Waals surface area contributed by atoms with Crippen molar-refractivity contribution in [3.63, 3.8) is 0 Å². The third kappa shape index (κ3) is 2.60. The number of aliphatic hydroxyl groups is 1. The second-order valence-corrected chi connectivity index (χ2v) is 7.15. The van der Waals surface area contributed by atoms with E-state index in [0.29, 0.717) is 12.0 Å². The molecular weight excluding hydrogens is 224 g/mol. The minimum atomic E-state index is -0.0649. The second-order valence-electron chi connectivity index (χ2n) is 7.15. The van der Waals surface area contributed by atoms with Crippen LogP contribution in [-0.4, -0.2) is 22.9 Å². The summed E-state index contributed by atoms with van der Waals surface area (Å²) in [6, 6.07) is 0. The molecule has 3 rings (SSSR count). The van der Waals surface area contributed by atoms with Crippen LogP contribution in [-0.2, 0) is 4.74 Å². The van der Waals surface area contributed by atoms with Gasteiger partial charge < -0.3 is 9.84 Å². The Morgan fingerprint density at radius 1 is 1.11 bits per heavy atom. The number of hydrogen-bond donors (Lipinski definition) is 1. The third-order valence-corrected chi connectivity index (χ3v) is 5.62. The molecule has 0 amide bonds. The fourth-order valence-corrected chi connectivity index (χ4v) is 4.52. The lowest BCUT2D eigenvalue weighted by atomic mass is 9.77. The Balaban J connectivity index is 1.54. The van der Waals surface area contributed by atoms with Crippen LogP contribution in [0, 0.1) is 11.8 Å². The van der Waals surface area contributed by atoms with E-state index in [1.807, 2.05) is 0 Å². The van der Waals surface area contributed by atoms with Gasteiger partial charge in [0.05, 0.1) is 17.8 Å². The van der Waals surface area contributed by atoms with Gasteiger partial charge in [0, 0.05) is 0 Å². The standard InChI is InChI=1S/C16H28O2/c1-12-4-5-15(17)13(10-12)11-14-6-9-16(18-14)7-2-3-8-16/h12-15,17H,2-11H2,1H3. The summed E-state index contributed by atoms with van der Waals surface area (Å²) in [7, 11) is 0. The van der Waals surface area contributed by atoms with Crippen LogP contribution >= 0.6 is 0 Å². The SMILES string of the molecule is CC1CCC(O)C(CC2CCC3(CCCC3)O2)C1. The Bertz CT molecular complexity index is 283. The predicted octanol–water partition coefficient (Wildman–Crippen LogP) is 3.67. The monoisotopic (exact) mass is 252 g/mol. The molecule has 18 heavy (non-hydrogen) atoms.